The summed E-state index contributed by atoms with van der Waals surface area (Å²) in [5.41, 5.74) is 1.84. The third-order valence-corrected chi connectivity index (χ3v) is 6.37. The van der Waals surface area contributed by atoms with Crippen molar-refractivity contribution in [1.82, 2.24) is 19.9 Å². The highest BCUT2D eigenvalue weighted by atomic mass is 19.1. The van der Waals surface area contributed by atoms with Crippen LogP contribution in [0.5, 0.6) is 17.4 Å². The lowest BCUT2D eigenvalue weighted by atomic mass is 10.2. The van der Waals surface area contributed by atoms with Gasteiger partial charge < -0.3 is 24.3 Å². The molecule has 3 N–H and O–H groups in total. The summed E-state index contributed by atoms with van der Waals surface area (Å²) in [6, 6.07) is 7.65. The standard InChI is InChI=1S/C25H26F3N7O2/c1-14-10-16-21(27)20(12-17(26)23(16)32-14)37-25-22(28)24(30-13-31-25)35(29)18-5-4-15(11-19(18)36-3)34-8-6-33(2)7-9-34/h4-5,10-13,32H,6-9,29H2,1-3H3. The smallest absolute Gasteiger partial charge is 0.261 e. The Kier molecular flexibility index (Phi) is 6.52. The van der Waals surface area contributed by atoms with Gasteiger partial charge in [0.2, 0.25) is 5.82 Å². The number of benzene rings is 2. The molecule has 3 heterocycles. The van der Waals surface area contributed by atoms with Crippen LogP contribution in [-0.2, 0) is 0 Å². The van der Waals surface area contributed by atoms with E-state index in [2.05, 4.69) is 31.8 Å². The molecule has 1 aliphatic rings. The van der Waals surface area contributed by atoms with Crippen molar-refractivity contribution in [1.29, 1.82) is 0 Å². The van der Waals surface area contributed by atoms with Gasteiger partial charge in [0.25, 0.3) is 5.88 Å². The average molecular weight is 514 g/mol. The van der Waals surface area contributed by atoms with Crippen LogP contribution in [0.25, 0.3) is 10.9 Å². The minimum Gasteiger partial charge on any atom is -0.494 e. The molecule has 4 aromatic rings. The molecule has 0 bridgehead atoms. The van der Waals surface area contributed by atoms with Crippen molar-refractivity contribution in [3.05, 3.63) is 59.8 Å². The van der Waals surface area contributed by atoms with Gasteiger partial charge in [-0.15, -0.1) is 0 Å². The van der Waals surface area contributed by atoms with E-state index in [9.17, 15) is 8.78 Å². The van der Waals surface area contributed by atoms with Gasteiger partial charge in [0.15, 0.2) is 23.2 Å². The van der Waals surface area contributed by atoms with Crippen LogP contribution in [0.3, 0.4) is 0 Å². The first-order valence-corrected chi connectivity index (χ1v) is 11.6. The molecule has 1 aliphatic heterocycles. The van der Waals surface area contributed by atoms with Gasteiger partial charge in [-0.1, -0.05) is 0 Å². The van der Waals surface area contributed by atoms with Gasteiger partial charge >= 0.3 is 0 Å². The van der Waals surface area contributed by atoms with Crippen molar-refractivity contribution < 1.29 is 22.6 Å². The van der Waals surface area contributed by atoms with Gasteiger partial charge in [-0.2, -0.15) is 9.37 Å². The minimum atomic E-state index is -1.06. The second-order valence-electron chi connectivity index (χ2n) is 8.85. The number of methoxy groups -OCH3 is 1. The molecule has 0 radical (unpaired) electrons. The minimum absolute atomic E-state index is 0.00792. The van der Waals surface area contributed by atoms with Crippen LogP contribution in [0.2, 0.25) is 0 Å². The highest BCUT2D eigenvalue weighted by Gasteiger charge is 2.24. The number of anilines is 3. The molecular formula is C25H26F3N7O2. The Morgan fingerprint density at radius 2 is 1.76 bits per heavy atom. The number of aryl methyl sites for hydroxylation is 1. The number of nitrogens with two attached hydrogens (primary N) is 1. The number of nitrogens with zero attached hydrogens (tertiary/aromatic N) is 5. The van der Waals surface area contributed by atoms with Gasteiger partial charge in [-0.25, -0.2) is 19.6 Å². The van der Waals surface area contributed by atoms with Crippen molar-refractivity contribution >= 4 is 28.1 Å². The number of aromatic amines is 1. The van der Waals surface area contributed by atoms with E-state index < -0.39 is 29.1 Å². The van der Waals surface area contributed by atoms with E-state index in [0.717, 1.165) is 49.3 Å². The zero-order chi connectivity index (χ0) is 26.3. The second-order valence-corrected chi connectivity index (χ2v) is 8.85. The maximum Gasteiger partial charge on any atom is 0.261 e. The largest absolute Gasteiger partial charge is 0.494 e. The van der Waals surface area contributed by atoms with E-state index in [1.54, 1.807) is 13.0 Å². The van der Waals surface area contributed by atoms with Crippen LogP contribution < -0.4 is 25.2 Å². The summed E-state index contributed by atoms with van der Waals surface area (Å²) in [5, 5.41) is 0.972. The topological polar surface area (TPSA) is 95.8 Å². The van der Waals surface area contributed by atoms with Gasteiger partial charge in [0, 0.05) is 55.1 Å². The zero-order valence-corrected chi connectivity index (χ0v) is 20.6. The Labute approximate surface area is 211 Å². The molecule has 0 atom stereocenters. The average Bonchev–Trinajstić information content (AvgIpc) is 3.30. The fourth-order valence-electron chi connectivity index (χ4n) is 4.34. The fourth-order valence-corrected chi connectivity index (χ4v) is 4.34. The number of ether oxygens (including phenoxy) is 2. The third-order valence-electron chi connectivity index (χ3n) is 6.37. The molecule has 1 fully saturated rings. The lowest BCUT2D eigenvalue weighted by Crippen LogP contribution is -2.44. The van der Waals surface area contributed by atoms with Gasteiger partial charge in [0.05, 0.1) is 12.6 Å². The summed E-state index contributed by atoms with van der Waals surface area (Å²) in [7, 11) is 3.56. The predicted octanol–water partition coefficient (Wildman–Crippen LogP) is 4.25. The first kappa shape index (κ1) is 24.7. The van der Waals surface area contributed by atoms with Crippen molar-refractivity contribution in [3.63, 3.8) is 0 Å². The molecule has 2 aromatic heterocycles. The Bertz CT molecular complexity index is 1450. The molecule has 5 rings (SSSR count). The van der Waals surface area contributed by atoms with Gasteiger partial charge in [-0.3, -0.25) is 5.01 Å². The molecule has 37 heavy (non-hydrogen) atoms. The number of H-pyrrole nitrogens is 1. The quantitative estimate of drug-likeness (QED) is 0.292. The normalized spacial score (nSPS) is 14.3. The van der Waals surface area contributed by atoms with E-state index >= 15 is 4.39 Å². The van der Waals surface area contributed by atoms with Gasteiger partial charge in [-0.05, 0) is 32.2 Å². The van der Waals surface area contributed by atoms with E-state index in [4.69, 9.17) is 15.3 Å². The molecule has 2 aromatic carbocycles. The monoisotopic (exact) mass is 513 g/mol. The summed E-state index contributed by atoms with van der Waals surface area (Å²) in [6.07, 6.45) is 1.02. The molecule has 0 saturated carbocycles. The Hall–Kier alpha value is -4.03. The van der Waals surface area contributed by atoms with Crippen LogP contribution in [0.4, 0.5) is 30.4 Å². The molecule has 12 heteroatoms. The zero-order valence-electron chi connectivity index (χ0n) is 20.6. The van der Waals surface area contributed by atoms with Crippen LogP contribution in [0.1, 0.15) is 5.69 Å². The van der Waals surface area contributed by atoms with Gasteiger partial charge in [0.1, 0.15) is 17.8 Å². The molecule has 0 amide bonds. The number of hydrogen-bond acceptors (Lipinski definition) is 8. The number of nitrogens with one attached hydrogen (secondary N) is 1. The number of halogens is 3. The number of fused-ring (bicyclic) bond motifs is 1. The highest BCUT2D eigenvalue weighted by molar-refractivity contribution is 5.83. The number of likely N-dealkylation sites (N-methyl/N-ethyl adjacent to an activating group) is 1. The number of rotatable bonds is 6. The number of piperazine rings is 1. The second kappa shape index (κ2) is 9.79. The van der Waals surface area contributed by atoms with Crippen molar-refractivity contribution in [3.8, 4) is 17.4 Å². The first-order chi connectivity index (χ1) is 17.8. The van der Waals surface area contributed by atoms with E-state index in [1.165, 1.54) is 13.2 Å². The summed E-state index contributed by atoms with van der Waals surface area (Å²) >= 11 is 0. The van der Waals surface area contributed by atoms with Crippen molar-refractivity contribution in [2.75, 3.05) is 50.2 Å². The predicted molar refractivity (Wildman–Crippen MR) is 134 cm³/mol. The Morgan fingerprint density at radius 1 is 1.00 bits per heavy atom. The van der Waals surface area contributed by atoms with Crippen molar-refractivity contribution in [2.24, 2.45) is 5.84 Å². The maximum atomic E-state index is 15.4. The maximum absolute atomic E-state index is 15.4. The molecular weight excluding hydrogens is 487 g/mol. The molecule has 0 spiro atoms. The van der Waals surface area contributed by atoms with E-state index in [1.807, 2.05) is 12.1 Å². The summed E-state index contributed by atoms with van der Waals surface area (Å²) in [4.78, 5) is 14.9. The fraction of sp³-hybridized carbons (Fsp3) is 0.280. The van der Waals surface area contributed by atoms with E-state index in [-0.39, 0.29) is 16.7 Å². The molecule has 194 valence electrons. The van der Waals surface area contributed by atoms with E-state index in [0.29, 0.717) is 17.1 Å². The number of aromatic nitrogens is 3. The molecule has 1 saturated heterocycles. The van der Waals surface area contributed by atoms with Crippen LogP contribution in [0, 0.1) is 24.4 Å². The van der Waals surface area contributed by atoms with Crippen LogP contribution >= 0.6 is 0 Å². The Balaban J connectivity index is 1.45. The lowest BCUT2D eigenvalue weighted by molar-refractivity contribution is 0.312. The van der Waals surface area contributed by atoms with Crippen LogP contribution in [0.15, 0.2) is 36.7 Å². The summed E-state index contributed by atoms with van der Waals surface area (Å²) in [5.74, 6) is 2.51. The molecule has 9 nitrogen and oxygen atoms in total. The molecule has 0 unspecified atom stereocenters. The SMILES string of the molecule is COc1cc(N2CCN(C)CC2)ccc1N(N)c1ncnc(Oc2cc(F)c3[nH]c(C)cc3c2F)c1F. The third kappa shape index (κ3) is 4.60. The van der Waals surface area contributed by atoms with Crippen molar-refractivity contribution in [2.45, 2.75) is 6.92 Å². The lowest BCUT2D eigenvalue weighted by Gasteiger charge is -2.34. The first-order valence-electron chi connectivity index (χ1n) is 11.6. The number of hydrogen-bond donors (Lipinski definition) is 2. The highest BCUT2D eigenvalue weighted by Crippen LogP contribution is 2.38. The summed E-state index contributed by atoms with van der Waals surface area (Å²) < 4.78 is 55.8. The molecule has 0 aliphatic carbocycles. The number of hydrazine groups is 1. The Morgan fingerprint density at radius 3 is 2.49 bits per heavy atom. The summed E-state index contributed by atoms with van der Waals surface area (Å²) in [6.45, 7) is 5.25. The van der Waals surface area contributed by atoms with Crippen LogP contribution in [-0.4, -0.2) is 60.2 Å².